The van der Waals surface area contributed by atoms with Crippen molar-refractivity contribution in [2.75, 3.05) is 0 Å². The van der Waals surface area contributed by atoms with Gasteiger partial charge in [-0.1, -0.05) is 43.2 Å². The van der Waals surface area contributed by atoms with E-state index in [4.69, 9.17) is 0 Å². The first kappa shape index (κ1) is 11.0. The molecule has 0 N–H and O–H groups in total. The molecule has 0 saturated heterocycles. The number of benzene rings is 1. The van der Waals surface area contributed by atoms with Gasteiger partial charge in [0.2, 0.25) is 0 Å². The number of hydrogen-bond donors (Lipinski definition) is 0. The summed E-state index contributed by atoms with van der Waals surface area (Å²) in [6, 6.07) is 6.01. The molecule has 0 atom stereocenters. The lowest BCUT2D eigenvalue weighted by Crippen LogP contribution is -1.79. The lowest BCUT2D eigenvalue weighted by Gasteiger charge is -1.99. The highest BCUT2D eigenvalue weighted by molar-refractivity contribution is 14.1. The monoisotopic (exact) mass is 444 g/mol. The van der Waals surface area contributed by atoms with Crippen LogP contribution in [0, 0.1) is 3.01 Å². The standard InChI is InChI=1S/C8H3Br2IN2S/c9-4-1-2-6(10)5(3-4)7-12-13-8(11)14-7/h1-3H. The van der Waals surface area contributed by atoms with Crippen LogP contribution in [0.5, 0.6) is 0 Å². The Labute approximate surface area is 116 Å². The third kappa shape index (κ3) is 2.34. The Morgan fingerprint density at radius 2 is 2.00 bits per heavy atom. The van der Waals surface area contributed by atoms with Crippen molar-refractivity contribution >= 4 is 65.8 Å². The van der Waals surface area contributed by atoms with E-state index in [2.05, 4.69) is 64.6 Å². The molecule has 0 aliphatic carbocycles. The van der Waals surface area contributed by atoms with Crippen LogP contribution >= 0.6 is 65.8 Å². The molecule has 0 fully saturated rings. The summed E-state index contributed by atoms with van der Waals surface area (Å²) < 4.78 is 3.03. The molecule has 1 heterocycles. The van der Waals surface area contributed by atoms with E-state index in [0.29, 0.717) is 0 Å². The molecule has 14 heavy (non-hydrogen) atoms. The van der Waals surface area contributed by atoms with Crippen LogP contribution in [0.15, 0.2) is 27.1 Å². The van der Waals surface area contributed by atoms with Gasteiger partial charge in [-0.3, -0.25) is 0 Å². The summed E-state index contributed by atoms with van der Waals surface area (Å²) in [5.41, 5.74) is 1.07. The van der Waals surface area contributed by atoms with E-state index in [-0.39, 0.29) is 0 Å². The molecule has 2 nitrogen and oxygen atoms in total. The topological polar surface area (TPSA) is 25.8 Å². The highest BCUT2D eigenvalue weighted by atomic mass is 127. The average molecular weight is 446 g/mol. The summed E-state index contributed by atoms with van der Waals surface area (Å²) in [6.45, 7) is 0. The van der Waals surface area contributed by atoms with E-state index < -0.39 is 0 Å². The summed E-state index contributed by atoms with van der Waals surface area (Å²) in [4.78, 5) is 0. The minimum absolute atomic E-state index is 0.933. The first-order chi connectivity index (χ1) is 6.66. The second kappa shape index (κ2) is 4.54. The molecule has 1 aromatic heterocycles. The highest BCUT2D eigenvalue weighted by Crippen LogP contribution is 2.32. The molecule has 6 heteroatoms. The molecule has 72 valence electrons. The third-order valence-electron chi connectivity index (χ3n) is 1.56. The first-order valence-electron chi connectivity index (χ1n) is 3.61. The number of rotatable bonds is 1. The number of nitrogens with zero attached hydrogens (tertiary/aromatic N) is 2. The quantitative estimate of drug-likeness (QED) is 0.610. The minimum Gasteiger partial charge on any atom is -0.137 e. The Morgan fingerprint density at radius 1 is 1.21 bits per heavy atom. The Bertz CT molecular complexity index is 472. The third-order valence-corrected chi connectivity index (χ3v) is 4.37. The SMILES string of the molecule is Brc1ccc(Br)c(-c2nnc(I)s2)c1. The molecule has 0 unspecified atom stereocenters. The molecule has 0 spiro atoms. The van der Waals surface area contributed by atoms with Crippen LogP contribution in [0.3, 0.4) is 0 Å². The molecule has 0 aliphatic heterocycles. The van der Waals surface area contributed by atoms with Gasteiger partial charge in [0.15, 0.2) is 3.01 Å². The number of aromatic nitrogens is 2. The summed E-state index contributed by atoms with van der Waals surface area (Å²) >= 11 is 10.7. The molecule has 0 amide bonds. The highest BCUT2D eigenvalue weighted by Gasteiger charge is 2.08. The number of halogens is 3. The van der Waals surface area contributed by atoms with Crippen LogP contribution in [-0.4, -0.2) is 10.2 Å². The molecule has 0 bridgehead atoms. The molecule has 0 radical (unpaired) electrons. The molecule has 2 rings (SSSR count). The van der Waals surface area contributed by atoms with Crippen molar-refractivity contribution in [1.82, 2.24) is 10.2 Å². The maximum atomic E-state index is 4.10. The molecule has 2 aromatic rings. The zero-order chi connectivity index (χ0) is 10.1. The van der Waals surface area contributed by atoms with Gasteiger partial charge < -0.3 is 0 Å². The van der Waals surface area contributed by atoms with Gasteiger partial charge in [0.25, 0.3) is 0 Å². The molecular weight excluding hydrogens is 443 g/mol. The minimum atomic E-state index is 0.933. The lowest BCUT2D eigenvalue weighted by molar-refractivity contribution is 1.07. The largest absolute Gasteiger partial charge is 0.178 e. The van der Waals surface area contributed by atoms with Gasteiger partial charge in [-0.2, -0.15) is 0 Å². The van der Waals surface area contributed by atoms with Gasteiger partial charge in [0.1, 0.15) is 5.01 Å². The second-order valence-corrected chi connectivity index (χ2v) is 6.99. The average Bonchev–Trinajstić information content (AvgIpc) is 2.56. The van der Waals surface area contributed by atoms with E-state index in [9.17, 15) is 0 Å². The van der Waals surface area contributed by atoms with Crippen molar-refractivity contribution in [3.63, 3.8) is 0 Å². The summed E-state index contributed by atoms with van der Waals surface area (Å²) in [7, 11) is 0. The fourth-order valence-electron chi connectivity index (χ4n) is 0.976. The Hall–Kier alpha value is 0.470. The predicted molar refractivity (Wildman–Crippen MR) is 73.5 cm³/mol. The smallest absolute Gasteiger partial charge is 0.137 e. The molecule has 0 aliphatic rings. The fraction of sp³-hybridized carbons (Fsp3) is 0. The zero-order valence-corrected chi connectivity index (χ0v) is 12.8. The van der Waals surface area contributed by atoms with Gasteiger partial charge >= 0.3 is 0 Å². The van der Waals surface area contributed by atoms with Crippen molar-refractivity contribution in [2.45, 2.75) is 0 Å². The first-order valence-corrected chi connectivity index (χ1v) is 7.09. The molecule has 0 saturated carbocycles. The second-order valence-electron chi connectivity index (χ2n) is 2.48. The van der Waals surface area contributed by atoms with Gasteiger partial charge in [0, 0.05) is 14.5 Å². The summed E-state index contributed by atoms with van der Waals surface area (Å²) in [6.07, 6.45) is 0. The number of hydrogen-bond acceptors (Lipinski definition) is 3. The Kier molecular flexibility index (Phi) is 3.56. The Balaban J connectivity index is 2.55. The van der Waals surface area contributed by atoms with Crippen molar-refractivity contribution in [1.29, 1.82) is 0 Å². The van der Waals surface area contributed by atoms with Gasteiger partial charge in [-0.05, 0) is 40.8 Å². The van der Waals surface area contributed by atoms with Crippen LogP contribution in [0.1, 0.15) is 0 Å². The predicted octanol–water partition coefficient (Wildman–Crippen LogP) is 4.33. The summed E-state index contributed by atoms with van der Waals surface area (Å²) in [5, 5.41) is 9.01. The summed E-state index contributed by atoms with van der Waals surface area (Å²) in [5.74, 6) is 0. The van der Waals surface area contributed by atoms with Crippen molar-refractivity contribution in [3.05, 3.63) is 30.2 Å². The maximum Gasteiger partial charge on any atom is 0.178 e. The van der Waals surface area contributed by atoms with E-state index in [0.717, 1.165) is 22.5 Å². The lowest BCUT2D eigenvalue weighted by atomic mass is 10.2. The van der Waals surface area contributed by atoms with Crippen LogP contribution in [0.4, 0.5) is 0 Å². The van der Waals surface area contributed by atoms with E-state index in [1.807, 2.05) is 18.2 Å². The van der Waals surface area contributed by atoms with Gasteiger partial charge in [-0.15, -0.1) is 10.2 Å². The Morgan fingerprint density at radius 3 is 2.64 bits per heavy atom. The van der Waals surface area contributed by atoms with Gasteiger partial charge in [0.05, 0.1) is 0 Å². The van der Waals surface area contributed by atoms with Gasteiger partial charge in [-0.25, -0.2) is 0 Å². The zero-order valence-electron chi connectivity index (χ0n) is 6.67. The fourth-order valence-corrected chi connectivity index (χ4v) is 3.24. The normalized spacial score (nSPS) is 10.5. The van der Waals surface area contributed by atoms with Crippen LogP contribution < -0.4 is 0 Å². The maximum absolute atomic E-state index is 4.10. The van der Waals surface area contributed by atoms with E-state index >= 15 is 0 Å². The molecule has 1 aromatic carbocycles. The van der Waals surface area contributed by atoms with Crippen molar-refractivity contribution in [3.8, 4) is 10.6 Å². The van der Waals surface area contributed by atoms with Crippen molar-refractivity contribution in [2.24, 2.45) is 0 Å². The van der Waals surface area contributed by atoms with Crippen LogP contribution in [-0.2, 0) is 0 Å². The van der Waals surface area contributed by atoms with Crippen LogP contribution in [0.25, 0.3) is 10.6 Å². The van der Waals surface area contributed by atoms with E-state index in [1.165, 1.54) is 0 Å². The van der Waals surface area contributed by atoms with Crippen molar-refractivity contribution < 1.29 is 0 Å². The molecular formula is C8H3Br2IN2S. The van der Waals surface area contributed by atoms with E-state index in [1.54, 1.807) is 11.3 Å². The van der Waals surface area contributed by atoms with Crippen LogP contribution in [0.2, 0.25) is 0 Å².